The number of rotatable bonds is 2. The second-order valence-corrected chi connectivity index (χ2v) is 6.65. The predicted molar refractivity (Wildman–Crippen MR) is 71.8 cm³/mol. The molecule has 1 aromatic heterocycles. The van der Waals surface area contributed by atoms with E-state index in [1.165, 1.54) is 25.3 Å². The zero-order chi connectivity index (χ0) is 13.4. The van der Waals surface area contributed by atoms with Crippen LogP contribution in [0.15, 0.2) is 28.7 Å². The van der Waals surface area contributed by atoms with Gasteiger partial charge in [-0.2, -0.15) is 0 Å². The van der Waals surface area contributed by atoms with Crippen molar-refractivity contribution < 1.29 is 13.6 Å². The number of Topliss-reactive ketones (excluding diaryl/α,β-unsaturated/α-hetero) is 1. The van der Waals surface area contributed by atoms with E-state index in [4.69, 9.17) is 4.42 Å². The van der Waals surface area contributed by atoms with Gasteiger partial charge in [-0.15, -0.1) is 0 Å². The summed E-state index contributed by atoms with van der Waals surface area (Å²) in [5.74, 6) is 2.94. The zero-order valence-corrected chi connectivity index (χ0v) is 11.0. The minimum absolute atomic E-state index is 0.104. The molecular weight excluding hydrogens is 255 g/mol. The Morgan fingerprint density at radius 3 is 2.65 bits per heavy atom. The Bertz CT molecular complexity index is 716. The second-order valence-electron chi connectivity index (χ2n) is 6.65. The van der Waals surface area contributed by atoms with Crippen molar-refractivity contribution in [3.8, 4) is 0 Å². The third kappa shape index (κ3) is 1.26. The fourth-order valence-corrected chi connectivity index (χ4v) is 4.99. The number of hydrogen-bond donors (Lipinski definition) is 0. The van der Waals surface area contributed by atoms with Gasteiger partial charge < -0.3 is 4.42 Å². The molecule has 20 heavy (non-hydrogen) atoms. The molecule has 0 aliphatic heterocycles. The molecular formula is C17H15FO2. The number of carbonyl (C=O) groups is 1. The fraction of sp³-hybridized carbons (Fsp3) is 0.471. The maximum Gasteiger partial charge on any atom is 0.201 e. The van der Waals surface area contributed by atoms with Gasteiger partial charge in [-0.1, -0.05) is 12.1 Å². The van der Waals surface area contributed by atoms with E-state index in [1.54, 1.807) is 18.2 Å². The summed E-state index contributed by atoms with van der Waals surface area (Å²) in [7, 11) is 0. The highest BCUT2D eigenvalue weighted by molar-refractivity contribution is 6.01. The SMILES string of the molecule is O=C(c1cc2cccc(F)c2o1)C1C2C3CCC(C3)C12. The summed E-state index contributed by atoms with van der Waals surface area (Å²) in [6.45, 7) is 0. The Morgan fingerprint density at radius 1 is 1.20 bits per heavy atom. The highest BCUT2D eigenvalue weighted by atomic mass is 19.1. The summed E-state index contributed by atoms with van der Waals surface area (Å²) < 4.78 is 19.1. The van der Waals surface area contributed by atoms with Crippen LogP contribution in [0.3, 0.4) is 0 Å². The molecule has 0 N–H and O–H groups in total. The summed E-state index contributed by atoms with van der Waals surface area (Å²) >= 11 is 0. The normalized spacial score (nSPS) is 37.4. The van der Waals surface area contributed by atoms with Crippen LogP contribution in [0.4, 0.5) is 4.39 Å². The number of carbonyl (C=O) groups excluding carboxylic acids is 1. The van der Waals surface area contributed by atoms with Crippen LogP contribution in [-0.2, 0) is 0 Å². The Balaban J connectivity index is 1.50. The molecule has 3 aliphatic carbocycles. The summed E-state index contributed by atoms with van der Waals surface area (Å²) in [6, 6.07) is 6.51. The Labute approximate surface area is 116 Å². The van der Waals surface area contributed by atoms with Crippen LogP contribution < -0.4 is 0 Å². The molecule has 4 atom stereocenters. The number of ketones is 1. The van der Waals surface area contributed by atoms with Crippen molar-refractivity contribution in [1.82, 2.24) is 0 Å². The van der Waals surface area contributed by atoms with Crippen molar-refractivity contribution in [2.45, 2.75) is 19.3 Å². The highest BCUT2D eigenvalue weighted by Gasteiger charge is 2.67. The van der Waals surface area contributed by atoms with Crippen molar-refractivity contribution in [3.05, 3.63) is 35.8 Å². The van der Waals surface area contributed by atoms with Crippen molar-refractivity contribution in [1.29, 1.82) is 0 Å². The maximum absolute atomic E-state index is 13.6. The summed E-state index contributed by atoms with van der Waals surface area (Å²) in [5.41, 5.74) is 0.213. The Kier molecular flexibility index (Phi) is 1.94. The van der Waals surface area contributed by atoms with Gasteiger partial charge >= 0.3 is 0 Å². The average molecular weight is 270 g/mol. The molecule has 1 aromatic carbocycles. The first-order chi connectivity index (χ1) is 9.74. The summed E-state index contributed by atoms with van der Waals surface area (Å²) in [5, 5.41) is 0.683. The lowest BCUT2D eigenvalue weighted by Gasteiger charge is -2.05. The molecule has 3 fully saturated rings. The van der Waals surface area contributed by atoms with E-state index in [1.807, 2.05) is 0 Å². The van der Waals surface area contributed by atoms with Gasteiger partial charge in [-0.25, -0.2) is 4.39 Å². The van der Waals surface area contributed by atoms with Crippen LogP contribution in [0.1, 0.15) is 29.8 Å². The lowest BCUT2D eigenvalue weighted by molar-refractivity contribution is 0.0918. The third-order valence-corrected chi connectivity index (χ3v) is 5.78. The Hall–Kier alpha value is -1.64. The van der Waals surface area contributed by atoms with Crippen LogP contribution in [0.2, 0.25) is 0 Å². The van der Waals surface area contributed by atoms with Crippen LogP contribution >= 0.6 is 0 Å². The van der Waals surface area contributed by atoms with Crippen molar-refractivity contribution in [2.24, 2.45) is 29.6 Å². The van der Waals surface area contributed by atoms with E-state index in [-0.39, 0.29) is 17.3 Å². The number of halogens is 1. The number of para-hydroxylation sites is 1. The molecule has 102 valence electrons. The van der Waals surface area contributed by atoms with Gasteiger partial charge in [0.05, 0.1) is 0 Å². The largest absolute Gasteiger partial charge is 0.450 e. The van der Waals surface area contributed by atoms with Crippen molar-refractivity contribution >= 4 is 16.8 Å². The highest BCUT2D eigenvalue weighted by Crippen LogP contribution is 2.70. The topological polar surface area (TPSA) is 30.2 Å². The summed E-state index contributed by atoms with van der Waals surface area (Å²) in [4.78, 5) is 12.6. The molecule has 2 aromatic rings. The quantitative estimate of drug-likeness (QED) is 0.771. The van der Waals surface area contributed by atoms with Gasteiger partial charge in [-0.3, -0.25) is 4.79 Å². The van der Waals surface area contributed by atoms with Crippen LogP contribution in [0.5, 0.6) is 0 Å². The van der Waals surface area contributed by atoms with Gasteiger partial charge in [0.2, 0.25) is 5.78 Å². The van der Waals surface area contributed by atoms with E-state index in [0.29, 0.717) is 23.0 Å². The van der Waals surface area contributed by atoms with E-state index < -0.39 is 5.82 Å². The standard InChI is InChI=1S/C17H15FO2/c18-11-3-1-2-10-7-12(20-17(10)11)16(19)15-13-8-4-5-9(6-8)14(13)15/h1-3,7-9,13-15H,4-6H2. The fourth-order valence-electron chi connectivity index (χ4n) is 4.99. The molecule has 3 aliphatic rings. The van der Waals surface area contributed by atoms with Crippen LogP contribution in [0.25, 0.3) is 11.0 Å². The van der Waals surface area contributed by atoms with Gasteiger partial charge in [0.15, 0.2) is 17.2 Å². The average Bonchev–Trinajstić information content (AvgIpc) is 2.84. The first-order valence-corrected chi connectivity index (χ1v) is 7.46. The minimum atomic E-state index is -0.391. The molecule has 0 saturated heterocycles. The number of fused-ring (bicyclic) bond motifs is 6. The lowest BCUT2D eigenvalue weighted by Crippen LogP contribution is -2.09. The van der Waals surface area contributed by atoms with Gasteiger partial charge in [0, 0.05) is 11.3 Å². The van der Waals surface area contributed by atoms with Gasteiger partial charge in [0.1, 0.15) is 0 Å². The van der Waals surface area contributed by atoms with E-state index in [2.05, 4.69) is 0 Å². The second kappa shape index (κ2) is 3.51. The molecule has 2 nitrogen and oxygen atoms in total. The monoisotopic (exact) mass is 270 g/mol. The van der Waals surface area contributed by atoms with Crippen molar-refractivity contribution in [3.63, 3.8) is 0 Å². The smallest absolute Gasteiger partial charge is 0.201 e. The first kappa shape index (κ1) is 11.1. The third-order valence-electron chi connectivity index (χ3n) is 5.78. The molecule has 5 rings (SSSR count). The molecule has 0 amide bonds. The minimum Gasteiger partial charge on any atom is -0.450 e. The van der Waals surface area contributed by atoms with Crippen LogP contribution in [0, 0.1) is 35.4 Å². The number of furan rings is 1. The molecule has 4 unspecified atom stereocenters. The predicted octanol–water partition coefficient (Wildman–Crippen LogP) is 4.05. The molecule has 3 saturated carbocycles. The number of hydrogen-bond acceptors (Lipinski definition) is 2. The van der Waals surface area contributed by atoms with Crippen molar-refractivity contribution in [2.75, 3.05) is 0 Å². The van der Waals surface area contributed by atoms with E-state index in [0.717, 1.165) is 11.8 Å². The van der Waals surface area contributed by atoms with E-state index >= 15 is 0 Å². The lowest BCUT2D eigenvalue weighted by atomic mass is 9.99. The molecule has 2 bridgehead atoms. The van der Waals surface area contributed by atoms with Gasteiger partial charge in [-0.05, 0) is 55.1 Å². The van der Waals surface area contributed by atoms with Crippen LogP contribution in [-0.4, -0.2) is 5.78 Å². The Morgan fingerprint density at radius 2 is 1.95 bits per heavy atom. The first-order valence-electron chi connectivity index (χ1n) is 7.46. The molecule has 0 spiro atoms. The summed E-state index contributed by atoms with van der Waals surface area (Å²) in [6.07, 6.45) is 3.92. The maximum atomic E-state index is 13.6. The molecule has 0 radical (unpaired) electrons. The van der Waals surface area contributed by atoms with Gasteiger partial charge in [0.25, 0.3) is 0 Å². The zero-order valence-electron chi connectivity index (χ0n) is 11.0. The number of benzene rings is 1. The van der Waals surface area contributed by atoms with E-state index in [9.17, 15) is 9.18 Å². The molecule has 1 heterocycles. The molecule has 3 heteroatoms.